The van der Waals surface area contributed by atoms with Crippen molar-refractivity contribution in [3.8, 4) is 5.75 Å². The fraction of sp³-hybridized carbons (Fsp3) is 0.562. The van der Waals surface area contributed by atoms with Crippen molar-refractivity contribution < 1.29 is 9.53 Å². The van der Waals surface area contributed by atoms with E-state index in [-0.39, 0.29) is 5.91 Å². The summed E-state index contributed by atoms with van der Waals surface area (Å²) in [4.78, 5) is 13.8. The van der Waals surface area contributed by atoms with Crippen LogP contribution in [-0.4, -0.2) is 31.0 Å². The van der Waals surface area contributed by atoms with Gasteiger partial charge in [0.15, 0.2) is 0 Å². The first-order valence-electron chi connectivity index (χ1n) is 7.27. The third kappa shape index (κ3) is 4.82. The van der Waals surface area contributed by atoms with E-state index in [0.29, 0.717) is 25.5 Å². The second kappa shape index (κ2) is 7.67. The molecule has 0 bridgehead atoms. The number of carbonyl (C=O) groups is 1. The van der Waals surface area contributed by atoms with Crippen molar-refractivity contribution in [3.05, 3.63) is 28.7 Å². The number of hydrogen-bond acceptors (Lipinski definition) is 2. The van der Waals surface area contributed by atoms with Gasteiger partial charge in [0.1, 0.15) is 12.4 Å². The van der Waals surface area contributed by atoms with E-state index in [9.17, 15) is 4.79 Å². The molecule has 1 saturated carbocycles. The Balaban J connectivity index is 1.67. The van der Waals surface area contributed by atoms with Crippen molar-refractivity contribution in [2.75, 3.05) is 20.2 Å². The number of carbonyl (C=O) groups excluding carboxylic acids is 1. The van der Waals surface area contributed by atoms with E-state index in [2.05, 4.69) is 15.9 Å². The Bertz CT molecular complexity index is 427. The van der Waals surface area contributed by atoms with Gasteiger partial charge < -0.3 is 9.64 Å². The lowest BCUT2D eigenvalue weighted by Gasteiger charge is -2.19. The van der Waals surface area contributed by atoms with Gasteiger partial charge in [0, 0.05) is 17.9 Å². The van der Waals surface area contributed by atoms with Gasteiger partial charge in [0.25, 0.3) is 0 Å². The maximum atomic E-state index is 12.1. The summed E-state index contributed by atoms with van der Waals surface area (Å²) in [6, 6.07) is 7.74. The van der Waals surface area contributed by atoms with Crippen LogP contribution in [0.4, 0.5) is 0 Å². The summed E-state index contributed by atoms with van der Waals surface area (Å²) in [6.07, 6.45) is 5.71. The Morgan fingerprint density at radius 3 is 2.60 bits per heavy atom. The molecule has 20 heavy (non-hydrogen) atoms. The number of benzene rings is 1. The third-order valence-electron chi connectivity index (χ3n) is 3.87. The van der Waals surface area contributed by atoms with Gasteiger partial charge in [0.05, 0.1) is 6.54 Å². The number of halogens is 1. The van der Waals surface area contributed by atoms with Gasteiger partial charge in [-0.05, 0) is 43.0 Å². The van der Waals surface area contributed by atoms with E-state index in [1.165, 1.54) is 25.7 Å². The van der Waals surface area contributed by atoms with E-state index in [4.69, 9.17) is 4.74 Å². The van der Waals surface area contributed by atoms with Crippen LogP contribution in [0.2, 0.25) is 0 Å². The maximum absolute atomic E-state index is 12.1. The smallest absolute Gasteiger partial charge is 0.222 e. The lowest BCUT2D eigenvalue weighted by Crippen LogP contribution is -2.31. The SMILES string of the molecule is CN(CCOc1ccc(Br)cc1)C(=O)CC1CCCC1. The molecule has 110 valence electrons. The number of likely N-dealkylation sites (N-methyl/N-ethyl adjacent to an activating group) is 1. The van der Waals surface area contributed by atoms with E-state index in [1.807, 2.05) is 31.3 Å². The Morgan fingerprint density at radius 2 is 1.95 bits per heavy atom. The Hall–Kier alpha value is -1.03. The lowest BCUT2D eigenvalue weighted by molar-refractivity contribution is -0.131. The van der Waals surface area contributed by atoms with Crippen LogP contribution in [0.3, 0.4) is 0 Å². The Labute approximate surface area is 129 Å². The minimum Gasteiger partial charge on any atom is -0.492 e. The van der Waals surface area contributed by atoms with Crippen molar-refractivity contribution in [2.45, 2.75) is 32.1 Å². The minimum atomic E-state index is 0.247. The van der Waals surface area contributed by atoms with E-state index in [1.54, 1.807) is 4.90 Å². The standard InChI is InChI=1S/C16H22BrNO2/c1-18(16(19)12-13-4-2-3-5-13)10-11-20-15-8-6-14(17)7-9-15/h6-9,13H,2-5,10-12H2,1H3. The predicted molar refractivity (Wildman–Crippen MR) is 83.8 cm³/mol. The average molecular weight is 340 g/mol. The second-order valence-corrected chi connectivity index (χ2v) is 6.39. The highest BCUT2D eigenvalue weighted by atomic mass is 79.9. The summed E-state index contributed by atoms with van der Waals surface area (Å²) >= 11 is 3.39. The monoisotopic (exact) mass is 339 g/mol. The van der Waals surface area contributed by atoms with E-state index >= 15 is 0 Å². The molecule has 1 aromatic carbocycles. The van der Waals surface area contributed by atoms with Gasteiger partial charge in [0.2, 0.25) is 5.91 Å². The molecule has 0 unspecified atom stereocenters. The number of ether oxygens (including phenoxy) is 1. The third-order valence-corrected chi connectivity index (χ3v) is 4.40. The molecule has 1 fully saturated rings. The quantitative estimate of drug-likeness (QED) is 0.787. The van der Waals surface area contributed by atoms with Crippen LogP contribution in [-0.2, 0) is 4.79 Å². The van der Waals surface area contributed by atoms with Crippen LogP contribution in [0.1, 0.15) is 32.1 Å². The Morgan fingerprint density at radius 1 is 1.30 bits per heavy atom. The fourth-order valence-electron chi connectivity index (χ4n) is 2.57. The van der Waals surface area contributed by atoms with Crippen molar-refractivity contribution >= 4 is 21.8 Å². The number of nitrogens with zero attached hydrogens (tertiary/aromatic N) is 1. The maximum Gasteiger partial charge on any atom is 0.222 e. The summed E-state index contributed by atoms with van der Waals surface area (Å²) < 4.78 is 6.67. The second-order valence-electron chi connectivity index (χ2n) is 5.47. The fourth-order valence-corrected chi connectivity index (χ4v) is 2.84. The molecule has 0 atom stereocenters. The van der Waals surface area contributed by atoms with Gasteiger partial charge >= 0.3 is 0 Å². The van der Waals surface area contributed by atoms with Crippen LogP contribution in [0.5, 0.6) is 5.75 Å². The van der Waals surface area contributed by atoms with Crippen LogP contribution >= 0.6 is 15.9 Å². The molecule has 1 aliphatic carbocycles. The summed E-state index contributed by atoms with van der Waals surface area (Å²) in [5.41, 5.74) is 0. The first kappa shape index (κ1) is 15.4. The van der Waals surface area contributed by atoms with Crippen LogP contribution in [0, 0.1) is 5.92 Å². The molecular weight excluding hydrogens is 318 g/mol. The zero-order valence-electron chi connectivity index (χ0n) is 12.0. The lowest BCUT2D eigenvalue weighted by atomic mass is 10.0. The predicted octanol–water partition coefficient (Wildman–Crippen LogP) is 3.87. The molecule has 0 radical (unpaired) electrons. The first-order valence-corrected chi connectivity index (χ1v) is 8.07. The summed E-state index contributed by atoms with van der Waals surface area (Å²) in [7, 11) is 1.86. The van der Waals surface area contributed by atoms with E-state index in [0.717, 1.165) is 10.2 Å². The molecule has 0 saturated heterocycles. The minimum absolute atomic E-state index is 0.247. The molecule has 4 heteroatoms. The van der Waals surface area contributed by atoms with Gasteiger partial charge in [-0.3, -0.25) is 4.79 Å². The zero-order chi connectivity index (χ0) is 14.4. The van der Waals surface area contributed by atoms with Crippen LogP contribution in [0.15, 0.2) is 28.7 Å². The van der Waals surface area contributed by atoms with Crippen molar-refractivity contribution in [1.29, 1.82) is 0 Å². The van der Waals surface area contributed by atoms with Gasteiger partial charge in [-0.15, -0.1) is 0 Å². The highest BCUT2D eigenvalue weighted by molar-refractivity contribution is 9.10. The summed E-state index contributed by atoms with van der Waals surface area (Å²) in [5.74, 6) is 1.69. The highest BCUT2D eigenvalue weighted by Crippen LogP contribution is 2.27. The number of rotatable bonds is 6. The molecular formula is C16H22BrNO2. The van der Waals surface area contributed by atoms with Crippen LogP contribution in [0.25, 0.3) is 0 Å². The summed E-state index contributed by atoms with van der Waals surface area (Å²) in [6.45, 7) is 1.18. The molecule has 0 aliphatic heterocycles. The van der Waals surface area contributed by atoms with Crippen molar-refractivity contribution in [3.63, 3.8) is 0 Å². The molecule has 0 aromatic heterocycles. The molecule has 2 rings (SSSR count). The molecule has 0 N–H and O–H groups in total. The highest BCUT2D eigenvalue weighted by Gasteiger charge is 2.20. The van der Waals surface area contributed by atoms with E-state index < -0.39 is 0 Å². The molecule has 0 heterocycles. The molecule has 1 aliphatic rings. The number of amides is 1. The molecule has 1 amide bonds. The van der Waals surface area contributed by atoms with Crippen molar-refractivity contribution in [2.24, 2.45) is 5.92 Å². The van der Waals surface area contributed by atoms with Crippen molar-refractivity contribution in [1.82, 2.24) is 4.90 Å². The van der Waals surface area contributed by atoms with Gasteiger partial charge in [-0.1, -0.05) is 28.8 Å². The van der Waals surface area contributed by atoms with Gasteiger partial charge in [-0.2, -0.15) is 0 Å². The molecule has 0 spiro atoms. The largest absolute Gasteiger partial charge is 0.492 e. The molecule has 1 aromatic rings. The normalized spacial score (nSPS) is 15.3. The molecule has 3 nitrogen and oxygen atoms in total. The summed E-state index contributed by atoms with van der Waals surface area (Å²) in [5, 5.41) is 0. The zero-order valence-corrected chi connectivity index (χ0v) is 13.6. The topological polar surface area (TPSA) is 29.5 Å². The Kier molecular flexibility index (Phi) is 5.89. The van der Waals surface area contributed by atoms with Crippen LogP contribution < -0.4 is 4.74 Å². The first-order chi connectivity index (χ1) is 9.65. The number of hydrogen-bond donors (Lipinski definition) is 0. The average Bonchev–Trinajstić information content (AvgIpc) is 2.93. The van der Waals surface area contributed by atoms with Gasteiger partial charge in [-0.25, -0.2) is 0 Å².